The van der Waals surface area contributed by atoms with Crippen LogP contribution in [-0.4, -0.2) is 86.0 Å². The van der Waals surface area contributed by atoms with Crippen LogP contribution in [0.5, 0.6) is 0 Å². The summed E-state index contributed by atoms with van der Waals surface area (Å²) in [5, 5.41) is 3.30. The zero-order chi connectivity index (χ0) is 15.8. The summed E-state index contributed by atoms with van der Waals surface area (Å²) in [7, 11) is 3.52. The molecule has 122 valence electrons. The lowest BCUT2D eigenvalue weighted by Gasteiger charge is -2.27. The number of carbonyl (C=O) groups is 1. The SMILES string of the molecule is CCNC(=NCC(=O)N(C)C)N1CCC(N(CC)CC)C1. The second-order valence-electron chi connectivity index (χ2n) is 5.57. The Morgan fingerprint density at radius 3 is 2.48 bits per heavy atom. The minimum atomic E-state index is 0.0323. The van der Waals surface area contributed by atoms with Gasteiger partial charge in [0.25, 0.3) is 0 Å². The van der Waals surface area contributed by atoms with Crippen molar-refractivity contribution in [2.24, 2.45) is 4.99 Å². The number of likely N-dealkylation sites (tertiary alicyclic amines) is 1. The van der Waals surface area contributed by atoms with E-state index < -0.39 is 0 Å². The number of nitrogens with one attached hydrogen (secondary N) is 1. The molecule has 1 fully saturated rings. The van der Waals surface area contributed by atoms with E-state index in [-0.39, 0.29) is 12.5 Å². The smallest absolute Gasteiger partial charge is 0.243 e. The summed E-state index contributed by atoms with van der Waals surface area (Å²) in [6.45, 7) is 11.7. The highest BCUT2D eigenvalue weighted by atomic mass is 16.2. The molecule has 0 aliphatic carbocycles. The molecule has 0 aromatic heterocycles. The molecule has 1 rings (SSSR count). The summed E-state index contributed by atoms with van der Waals surface area (Å²) in [5.74, 6) is 0.896. The Balaban J connectivity index is 2.65. The minimum absolute atomic E-state index is 0.0323. The van der Waals surface area contributed by atoms with Gasteiger partial charge in [0, 0.05) is 39.8 Å². The van der Waals surface area contributed by atoms with Crippen LogP contribution in [0.2, 0.25) is 0 Å². The fourth-order valence-electron chi connectivity index (χ4n) is 2.68. The van der Waals surface area contributed by atoms with Crippen molar-refractivity contribution in [1.29, 1.82) is 0 Å². The molecule has 0 bridgehead atoms. The van der Waals surface area contributed by atoms with Crippen molar-refractivity contribution in [2.45, 2.75) is 33.2 Å². The van der Waals surface area contributed by atoms with Crippen LogP contribution in [0, 0.1) is 0 Å². The molecule has 21 heavy (non-hydrogen) atoms. The number of amides is 1. The first-order valence-electron chi connectivity index (χ1n) is 8.00. The number of guanidine groups is 1. The van der Waals surface area contributed by atoms with E-state index in [4.69, 9.17) is 0 Å². The van der Waals surface area contributed by atoms with Crippen molar-refractivity contribution in [3.05, 3.63) is 0 Å². The monoisotopic (exact) mass is 297 g/mol. The summed E-state index contributed by atoms with van der Waals surface area (Å²) in [4.78, 5) is 22.5. The number of rotatable bonds is 6. The third-order valence-electron chi connectivity index (χ3n) is 3.99. The first kappa shape index (κ1) is 17.8. The lowest BCUT2D eigenvalue weighted by molar-refractivity contribution is -0.127. The first-order chi connectivity index (χ1) is 10.0. The molecule has 1 saturated heterocycles. The van der Waals surface area contributed by atoms with E-state index in [1.807, 2.05) is 0 Å². The van der Waals surface area contributed by atoms with Crippen molar-refractivity contribution in [2.75, 3.05) is 53.4 Å². The van der Waals surface area contributed by atoms with Crippen LogP contribution in [-0.2, 0) is 4.79 Å². The largest absolute Gasteiger partial charge is 0.357 e. The fraction of sp³-hybridized carbons (Fsp3) is 0.867. The highest BCUT2D eigenvalue weighted by molar-refractivity contribution is 5.85. The summed E-state index contributed by atoms with van der Waals surface area (Å²) in [5.41, 5.74) is 0. The van der Waals surface area contributed by atoms with Gasteiger partial charge in [-0.05, 0) is 26.4 Å². The van der Waals surface area contributed by atoms with Gasteiger partial charge in [0.2, 0.25) is 5.91 Å². The summed E-state index contributed by atoms with van der Waals surface area (Å²) in [6.07, 6.45) is 1.16. The van der Waals surface area contributed by atoms with Crippen molar-refractivity contribution in [3.8, 4) is 0 Å². The predicted molar refractivity (Wildman–Crippen MR) is 87.6 cm³/mol. The molecule has 1 aliphatic rings. The number of aliphatic imine (C=N–C) groups is 1. The molecule has 0 aromatic rings. The van der Waals surface area contributed by atoms with Gasteiger partial charge in [0.05, 0.1) is 0 Å². The van der Waals surface area contributed by atoms with Gasteiger partial charge in [-0.2, -0.15) is 0 Å². The summed E-state index contributed by atoms with van der Waals surface area (Å²) < 4.78 is 0. The predicted octanol–water partition coefficient (Wildman–Crippen LogP) is 0.456. The van der Waals surface area contributed by atoms with Crippen molar-refractivity contribution in [3.63, 3.8) is 0 Å². The number of likely N-dealkylation sites (N-methyl/N-ethyl adjacent to an activating group) is 2. The number of nitrogens with zero attached hydrogens (tertiary/aromatic N) is 4. The molecule has 1 heterocycles. The van der Waals surface area contributed by atoms with Gasteiger partial charge in [-0.25, -0.2) is 4.99 Å². The van der Waals surface area contributed by atoms with Crippen LogP contribution in [0.25, 0.3) is 0 Å². The molecule has 0 aromatic carbocycles. The lowest BCUT2D eigenvalue weighted by Crippen LogP contribution is -2.43. The number of carbonyl (C=O) groups excluding carboxylic acids is 1. The van der Waals surface area contributed by atoms with E-state index in [0.717, 1.165) is 45.1 Å². The van der Waals surface area contributed by atoms with Crippen LogP contribution in [0.3, 0.4) is 0 Å². The Kier molecular flexibility index (Phi) is 7.50. The average Bonchev–Trinajstić information content (AvgIpc) is 2.93. The Hall–Kier alpha value is -1.30. The second-order valence-corrected chi connectivity index (χ2v) is 5.57. The molecule has 1 N–H and O–H groups in total. The topological polar surface area (TPSA) is 51.2 Å². The molecule has 6 heteroatoms. The molecule has 1 unspecified atom stereocenters. The molecular formula is C15H31N5O. The quantitative estimate of drug-likeness (QED) is 0.571. The maximum absolute atomic E-state index is 11.7. The van der Waals surface area contributed by atoms with Crippen LogP contribution in [0.4, 0.5) is 0 Å². The molecule has 1 atom stereocenters. The van der Waals surface area contributed by atoms with Gasteiger partial charge in [-0.1, -0.05) is 13.8 Å². The van der Waals surface area contributed by atoms with Crippen LogP contribution in [0.15, 0.2) is 4.99 Å². The van der Waals surface area contributed by atoms with E-state index >= 15 is 0 Å². The fourth-order valence-corrected chi connectivity index (χ4v) is 2.68. The molecule has 6 nitrogen and oxygen atoms in total. The third kappa shape index (κ3) is 5.19. The Labute approximate surface area is 129 Å². The Morgan fingerprint density at radius 2 is 1.95 bits per heavy atom. The van der Waals surface area contributed by atoms with Crippen LogP contribution < -0.4 is 5.32 Å². The van der Waals surface area contributed by atoms with E-state index in [9.17, 15) is 4.79 Å². The van der Waals surface area contributed by atoms with Crippen LogP contribution >= 0.6 is 0 Å². The van der Waals surface area contributed by atoms with E-state index in [1.165, 1.54) is 0 Å². The Morgan fingerprint density at radius 1 is 1.29 bits per heavy atom. The first-order valence-corrected chi connectivity index (χ1v) is 8.00. The van der Waals surface area contributed by atoms with Crippen molar-refractivity contribution >= 4 is 11.9 Å². The normalized spacial score (nSPS) is 19.2. The summed E-state index contributed by atoms with van der Waals surface area (Å²) >= 11 is 0. The Bertz CT molecular complexity index is 352. The third-order valence-corrected chi connectivity index (χ3v) is 3.99. The zero-order valence-electron chi connectivity index (χ0n) is 14.2. The van der Waals surface area contributed by atoms with E-state index in [0.29, 0.717) is 6.04 Å². The van der Waals surface area contributed by atoms with Gasteiger partial charge in [0.15, 0.2) is 5.96 Å². The second kappa shape index (κ2) is 8.87. The average molecular weight is 297 g/mol. The molecule has 1 aliphatic heterocycles. The molecule has 1 amide bonds. The number of hydrogen-bond acceptors (Lipinski definition) is 3. The number of hydrogen-bond donors (Lipinski definition) is 1. The van der Waals surface area contributed by atoms with Gasteiger partial charge in [-0.15, -0.1) is 0 Å². The lowest BCUT2D eigenvalue weighted by atomic mass is 10.2. The maximum Gasteiger partial charge on any atom is 0.243 e. The van der Waals surface area contributed by atoms with Crippen molar-refractivity contribution < 1.29 is 4.79 Å². The maximum atomic E-state index is 11.7. The van der Waals surface area contributed by atoms with Gasteiger partial charge >= 0.3 is 0 Å². The van der Waals surface area contributed by atoms with E-state index in [1.54, 1.807) is 19.0 Å². The zero-order valence-corrected chi connectivity index (χ0v) is 14.2. The van der Waals surface area contributed by atoms with Gasteiger partial charge < -0.3 is 15.1 Å². The van der Waals surface area contributed by atoms with Gasteiger partial charge in [-0.3, -0.25) is 9.69 Å². The molecule has 0 saturated carbocycles. The molecule has 0 radical (unpaired) electrons. The van der Waals surface area contributed by atoms with E-state index in [2.05, 4.69) is 40.9 Å². The van der Waals surface area contributed by atoms with Crippen LogP contribution in [0.1, 0.15) is 27.2 Å². The standard InChI is InChI=1S/C15H31N5O/c1-6-16-15(17-11-14(21)18(4)5)20-10-9-13(12-20)19(7-2)8-3/h13H,6-12H2,1-5H3,(H,16,17). The molecular weight excluding hydrogens is 266 g/mol. The summed E-state index contributed by atoms with van der Waals surface area (Å²) in [6, 6.07) is 0.591. The van der Waals surface area contributed by atoms with Crippen molar-refractivity contribution in [1.82, 2.24) is 20.0 Å². The molecule has 0 spiro atoms. The highest BCUT2D eigenvalue weighted by Crippen LogP contribution is 2.15. The highest BCUT2D eigenvalue weighted by Gasteiger charge is 2.28. The minimum Gasteiger partial charge on any atom is -0.357 e. The van der Waals surface area contributed by atoms with Gasteiger partial charge in [0.1, 0.15) is 6.54 Å².